The highest BCUT2D eigenvalue weighted by Crippen LogP contribution is 2.26. The average Bonchev–Trinajstić information content (AvgIpc) is 2.39. The summed E-state index contributed by atoms with van der Waals surface area (Å²) in [5.74, 6) is 0.160. The summed E-state index contributed by atoms with van der Waals surface area (Å²) in [6, 6.07) is 12.9. The average molecular weight is 277 g/mol. The number of aryl methyl sites for hydroxylation is 2. The van der Waals surface area contributed by atoms with Gasteiger partial charge in [-0.2, -0.15) is 8.78 Å². The number of hydrogen-bond donors (Lipinski definition) is 1. The van der Waals surface area contributed by atoms with Crippen LogP contribution in [0.15, 0.2) is 42.5 Å². The van der Waals surface area contributed by atoms with Crippen molar-refractivity contribution in [2.45, 2.75) is 27.0 Å². The molecule has 106 valence electrons. The monoisotopic (exact) mass is 277 g/mol. The molecule has 4 heteroatoms. The molecule has 2 aromatic rings. The predicted octanol–water partition coefficient (Wildman–Crippen LogP) is 4.52. The van der Waals surface area contributed by atoms with Crippen LogP contribution in [0.4, 0.5) is 14.5 Å². The maximum atomic E-state index is 12.3. The van der Waals surface area contributed by atoms with Crippen LogP contribution in [0.1, 0.15) is 16.7 Å². The predicted molar refractivity (Wildman–Crippen MR) is 76.3 cm³/mol. The zero-order valence-electron chi connectivity index (χ0n) is 11.5. The van der Waals surface area contributed by atoms with E-state index in [0.717, 1.165) is 5.56 Å². The minimum atomic E-state index is -2.82. The first-order valence-corrected chi connectivity index (χ1v) is 6.40. The van der Waals surface area contributed by atoms with E-state index in [-0.39, 0.29) is 5.75 Å². The number of benzene rings is 2. The van der Waals surface area contributed by atoms with Crippen molar-refractivity contribution in [1.29, 1.82) is 0 Å². The highest BCUT2D eigenvalue weighted by molar-refractivity contribution is 5.56. The quantitative estimate of drug-likeness (QED) is 0.867. The minimum absolute atomic E-state index is 0.160. The van der Waals surface area contributed by atoms with Gasteiger partial charge in [-0.1, -0.05) is 35.9 Å². The Morgan fingerprint density at radius 2 is 1.85 bits per heavy atom. The Morgan fingerprint density at radius 3 is 2.55 bits per heavy atom. The van der Waals surface area contributed by atoms with Crippen LogP contribution >= 0.6 is 0 Å². The first kappa shape index (κ1) is 14.3. The lowest BCUT2D eigenvalue weighted by molar-refractivity contribution is -0.0493. The van der Waals surface area contributed by atoms with E-state index in [2.05, 4.69) is 16.1 Å². The van der Waals surface area contributed by atoms with Gasteiger partial charge in [0.05, 0.1) is 5.69 Å². The zero-order valence-corrected chi connectivity index (χ0v) is 11.5. The second-order valence-corrected chi connectivity index (χ2v) is 4.66. The fourth-order valence-electron chi connectivity index (χ4n) is 2.05. The smallest absolute Gasteiger partial charge is 0.387 e. The van der Waals surface area contributed by atoms with E-state index in [9.17, 15) is 8.78 Å². The van der Waals surface area contributed by atoms with Crippen molar-refractivity contribution in [2.75, 3.05) is 5.32 Å². The summed E-state index contributed by atoms with van der Waals surface area (Å²) in [6.07, 6.45) is 0. The number of nitrogens with one attached hydrogen (secondary N) is 1. The molecule has 0 unspecified atom stereocenters. The van der Waals surface area contributed by atoms with Gasteiger partial charge in [-0.3, -0.25) is 0 Å². The molecular weight excluding hydrogens is 260 g/mol. The van der Waals surface area contributed by atoms with Gasteiger partial charge >= 0.3 is 6.61 Å². The third-order valence-electron chi connectivity index (χ3n) is 3.07. The molecule has 0 aromatic heterocycles. The molecule has 0 saturated heterocycles. The molecule has 2 rings (SSSR count). The summed E-state index contributed by atoms with van der Waals surface area (Å²) in [5, 5.41) is 3.14. The molecule has 0 saturated carbocycles. The molecule has 0 aliphatic heterocycles. The summed E-state index contributed by atoms with van der Waals surface area (Å²) in [5.41, 5.74) is 4.06. The van der Waals surface area contributed by atoms with Crippen molar-refractivity contribution in [3.8, 4) is 5.75 Å². The van der Waals surface area contributed by atoms with E-state index in [4.69, 9.17) is 0 Å². The molecule has 0 atom stereocenters. The van der Waals surface area contributed by atoms with Gasteiger partial charge in [0.1, 0.15) is 5.75 Å². The largest absolute Gasteiger partial charge is 0.433 e. The Hall–Kier alpha value is -2.10. The van der Waals surface area contributed by atoms with Crippen LogP contribution in [0.2, 0.25) is 0 Å². The molecule has 1 N–H and O–H groups in total. The Labute approximate surface area is 117 Å². The number of ether oxygens (including phenoxy) is 1. The van der Waals surface area contributed by atoms with Crippen LogP contribution in [0.3, 0.4) is 0 Å². The molecule has 0 aliphatic carbocycles. The van der Waals surface area contributed by atoms with Crippen molar-refractivity contribution in [3.63, 3.8) is 0 Å². The van der Waals surface area contributed by atoms with Crippen LogP contribution in [-0.2, 0) is 6.54 Å². The van der Waals surface area contributed by atoms with E-state index in [1.165, 1.54) is 17.2 Å². The summed E-state index contributed by atoms with van der Waals surface area (Å²) >= 11 is 0. The van der Waals surface area contributed by atoms with E-state index < -0.39 is 6.61 Å². The van der Waals surface area contributed by atoms with Crippen molar-refractivity contribution < 1.29 is 13.5 Å². The fourth-order valence-corrected chi connectivity index (χ4v) is 2.05. The molecule has 0 amide bonds. The van der Waals surface area contributed by atoms with Crippen LogP contribution in [0.5, 0.6) is 5.75 Å². The number of alkyl halides is 2. The van der Waals surface area contributed by atoms with E-state index >= 15 is 0 Å². The molecule has 20 heavy (non-hydrogen) atoms. The second kappa shape index (κ2) is 6.37. The van der Waals surface area contributed by atoms with Gasteiger partial charge in [-0.25, -0.2) is 0 Å². The molecule has 0 heterocycles. The number of halogens is 2. The topological polar surface area (TPSA) is 21.3 Å². The van der Waals surface area contributed by atoms with Crippen LogP contribution in [0, 0.1) is 13.8 Å². The zero-order chi connectivity index (χ0) is 14.5. The second-order valence-electron chi connectivity index (χ2n) is 4.66. The van der Waals surface area contributed by atoms with Crippen LogP contribution in [0.25, 0.3) is 0 Å². The Kier molecular flexibility index (Phi) is 4.56. The molecule has 0 aliphatic rings. The van der Waals surface area contributed by atoms with Crippen molar-refractivity contribution in [1.82, 2.24) is 0 Å². The van der Waals surface area contributed by atoms with Crippen molar-refractivity contribution >= 4 is 5.69 Å². The number of anilines is 1. The SMILES string of the molecule is Cc1ccc(CNc2ccccc2OC(F)F)c(C)c1. The lowest BCUT2D eigenvalue weighted by Crippen LogP contribution is -2.07. The molecular formula is C16H17F2NO. The highest BCUT2D eigenvalue weighted by Gasteiger charge is 2.09. The van der Waals surface area contributed by atoms with Gasteiger partial charge < -0.3 is 10.1 Å². The van der Waals surface area contributed by atoms with Gasteiger partial charge in [0.15, 0.2) is 0 Å². The lowest BCUT2D eigenvalue weighted by Gasteiger charge is -2.13. The first-order valence-electron chi connectivity index (χ1n) is 6.40. The Morgan fingerprint density at radius 1 is 1.10 bits per heavy atom. The van der Waals surface area contributed by atoms with Crippen LogP contribution < -0.4 is 10.1 Å². The molecule has 0 fully saturated rings. The van der Waals surface area contributed by atoms with E-state index in [0.29, 0.717) is 12.2 Å². The summed E-state index contributed by atoms with van der Waals surface area (Å²) in [4.78, 5) is 0. The molecule has 2 aromatic carbocycles. The lowest BCUT2D eigenvalue weighted by atomic mass is 10.1. The summed E-state index contributed by atoms with van der Waals surface area (Å²) < 4.78 is 29.1. The number of rotatable bonds is 5. The van der Waals surface area contributed by atoms with Gasteiger partial charge in [0, 0.05) is 6.54 Å². The van der Waals surface area contributed by atoms with Crippen molar-refractivity contribution in [2.24, 2.45) is 0 Å². The maximum absolute atomic E-state index is 12.3. The minimum Gasteiger partial charge on any atom is -0.433 e. The van der Waals surface area contributed by atoms with E-state index in [1.807, 2.05) is 26.0 Å². The van der Waals surface area contributed by atoms with Gasteiger partial charge in [-0.05, 0) is 37.1 Å². The first-order chi connectivity index (χ1) is 9.56. The van der Waals surface area contributed by atoms with Crippen molar-refractivity contribution in [3.05, 3.63) is 59.2 Å². The molecule has 0 bridgehead atoms. The summed E-state index contributed by atoms with van der Waals surface area (Å²) in [6.45, 7) is 1.82. The summed E-state index contributed by atoms with van der Waals surface area (Å²) in [7, 11) is 0. The Bertz CT molecular complexity index is 584. The fraction of sp³-hybridized carbons (Fsp3) is 0.250. The van der Waals surface area contributed by atoms with Crippen LogP contribution in [-0.4, -0.2) is 6.61 Å². The molecule has 0 spiro atoms. The standard InChI is InChI=1S/C16H17F2NO/c1-11-7-8-13(12(2)9-11)10-19-14-5-3-4-6-15(14)20-16(17)18/h3-9,16,19H,10H2,1-2H3. The third kappa shape index (κ3) is 3.70. The maximum Gasteiger partial charge on any atom is 0.387 e. The molecule has 0 radical (unpaired) electrons. The number of hydrogen-bond acceptors (Lipinski definition) is 2. The number of para-hydroxylation sites is 2. The highest BCUT2D eigenvalue weighted by atomic mass is 19.3. The normalized spacial score (nSPS) is 10.7. The third-order valence-corrected chi connectivity index (χ3v) is 3.07. The molecule has 2 nitrogen and oxygen atoms in total. The van der Waals surface area contributed by atoms with Gasteiger partial charge in [0.2, 0.25) is 0 Å². The van der Waals surface area contributed by atoms with Gasteiger partial charge in [-0.15, -0.1) is 0 Å². The van der Waals surface area contributed by atoms with Gasteiger partial charge in [0.25, 0.3) is 0 Å². The van der Waals surface area contributed by atoms with E-state index in [1.54, 1.807) is 18.2 Å². The Balaban J connectivity index is 2.10.